The Morgan fingerprint density at radius 2 is 2.03 bits per heavy atom. The monoisotopic (exact) mass is 513 g/mol. The third kappa shape index (κ3) is 4.55. The van der Waals surface area contributed by atoms with Crippen LogP contribution in [0.4, 0.5) is 0 Å². The van der Waals surface area contributed by atoms with Gasteiger partial charge in [0, 0.05) is 49.2 Å². The van der Waals surface area contributed by atoms with Crippen LogP contribution in [-0.2, 0) is 16.0 Å². The smallest absolute Gasteiger partial charge is 0.223 e. The number of likely N-dealkylation sites (tertiary alicyclic amines) is 1. The molecule has 3 fully saturated rings. The molecule has 2 saturated heterocycles. The Balaban J connectivity index is 1.18. The molecule has 1 N–H and O–H groups in total. The molecular formula is C28H39N3O4S. The number of carbonyl (C=O) groups excluding carboxylic acids is 1. The highest BCUT2D eigenvalue weighted by molar-refractivity contribution is 7.19. The number of aromatic nitrogens is 1. The number of aryl methyl sites for hydroxylation is 1. The van der Waals surface area contributed by atoms with Crippen LogP contribution in [0.25, 0.3) is 10.2 Å². The highest BCUT2D eigenvalue weighted by Gasteiger charge is 2.40. The van der Waals surface area contributed by atoms with Gasteiger partial charge in [0.15, 0.2) is 0 Å². The maximum absolute atomic E-state index is 13.0. The molecule has 0 aromatic carbocycles. The summed E-state index contributed by atoms with van der Waals surface area (Å²) < 4.78 is 12.3. The lowest BCUT2D eigenvalue weighted by atomic mass is 9.77. The fraction of sp³-hybridized carbons (Fsp3) is 0.714. The molecule has 1 amide bonds. The maximum Gasteiger partial charge on any atom is 0.223 e. The highest BCUT2D eigenvalue weighted by atomic mass is 32.1. The zero-order chi connectivity index (χ0) is 24.7. The quantitative estimate of drug-likeness (QED) is 0.627. The second-order valence-electron chi connectivity index (χ2n) is 11.1. The molecule has 6 rings (SSSR count). The van der Waals surface area contributed by atoms with Gasteiger partial charge in [0.25, 0.3) is 0 Å². The number of aliphatic hydroxyl groups excluding tert-OH is 1. The number of morpholine rings is 1. The lowest BCUT2D eigenvalue weighted by Crippen LogP contribution is -2.55. The highest BCUT2D eigenvalue weighted by Crippen LogP contribution is 2.48. The Morgan fingerprint density at radius 3 is 2.75 bits per heavy atom. The minimum absolute atomic E-state index is 0.168. The Labute approximate surface area is 217 Å². The summed E-state index contributed by atoms with van der Waals surface area (Å²) in [4.78, 5) is 24.6. The number of hydrogen-bond acceptors (Lipinski definition) is 7. The van der Waals surface area contributed by atoms with Gasteiger partial charge in [-0.1, -0.05) is 6.92 Å². The number of fused-ring (bicyclic) bond motifs is 3. The zero-order valence-corrected chi connectivity index (χ0v) is 22.2. The van der Waals surface area contributed by atoms with Gasteiger partial charge in [-0.2, -0.15) is 0 Å². The molecule has 7 nitrogen and oxygen atoms in total. The van der Waals surface area contributed by atoms with E-state index in [9.17, 15) is 9.90 Å². The number of carbonyl (C=O) groups is 1. The predicted molar refractivity (Wildman–Crippen MR) is 141 cm³/mol. The van der Waals surface area contributed by atoms with Crippen LogP contribution in [0.3, 0.4) is 0 Å². The molecule has 4 heterocycles. The van der Waals surface area contributed by atoms with Crippen molar-refractivity contribution in [2.45, 2.75) is 88.4 Å². The summed E-state index contributed by atoms with van der Waals surface area (Å²) in [6, 6.07) is 2.03. The molecule has 2 aliphatic heterocycles. The number of β-amino-alcohol motifs (C(OH)–C–C–N with tert-alkyl or cyclic N) is 1. The normalized spacial score (nSPS) is 31.2. The summed E-state index contributed by atoms with van der Waals surface area (Å²) in [6.45, 7) is 7.27. The second-order valence-corrected chi connectivity index (χ2v) is 12.2. The summed E-state index contributed by atoms with van der Waals surface area (Å²) in [5, 5.41) is 11.0. The Bertz CT molecular complexity index is 1090. The van der Waals surface area contributed by atoms with Gasteiger partial charge in [0.05, 0.1) is 30.8 Å². The molecule has 4 aliphatic rings. The number of ether oxygens (including phenoxy) is 2. The molecule has 36 heavy (non-hydrogen) atoms. The number of amides is 1. The first-order chi connectivity index (χ1) is 17.6. The lowest BCUT2D eigenvalue weighted by Gasteiger charge is -2.49. The van der Waals surface area contributed by atoms with E-state index in [0.29, 0.717) is 25.9 Å². The van der Waals surface area contributed by atoms with Crippen molar-refractivity contribution >= 4 is 27.5 Å². The van der Waals surface area contributed by atoms with Crippen molar-refractivity contribution in [3.63, 3.8) is 0 Å². The summed E-state index contributed by atoms with van der Waals surface area (Å²) in [7, 11) is 0. The summed E-state index contributed by atoms with van der Waals surface area (Å²) in [6.07, 6.45) is 10.6. The fourth-order valence-corrected chi connectivity index (χ4v) is 8.36. The van der Waals surface area contributed by atoms with Gasteiger partial charge in [0.1, 0.15) is 10.6 Å². The number of rotatable bonds is 6. The molecule has 0 bridgehead atoms. The van der Waals surface area contributed by atoms with Crippen LogP contribution >= 0.6 is 11.3 Å². The fourth-order valence-electron chi connectivity index (χ4n) is 7.10. The van der Waals surface area contributed by atoms with Crippen molar-refractivity contribution in [2.24, 2.45) is 0 Å². The minimum atomic E-state index is -0.371. The molecule has 0 radical (unpaired) electrons. The van der Waals surface area contributed by atoms with E-state index in [0.717, 1.165) is 68.0 Å². The molecular weight excluding hydrogens is 474 g/mol. The number of aliphatic hydroxyl groups is 1. The van der Waals surface area contributed by atoms with E-state index in [4.69, 9.17) is 9.47 Å². The molecule has 8 heteroatoms. The van der Waals surface area contributed by atoms with Gasteiger partial charge in [-0.25, -0.2) is 4.98 Å². The van der Waals surface area contributed by atoms with Crippen molar-refractivity contribution in [3.05, 3.63) is 22.7 Å². The van der Waals surface area contributed by atoms with Gasteiger partial charge in [-0.15, -0.1) is 11.3 Å². The van der Waals surface area contributed by atoms with E-state index >= 15 is 0 Å². The molecule has 2 aromatic rings. The van der Waals surface area contributed by atoms with E-state index in [1.165, 1.54) is 29.7 Å². The average molecular weight is 514 g/mol. The van der Waals surface area contributed by atoms with Crippen molar-refractivity contribution in [2.75, 3.05) is 39.4 Å². The Hall–Kier alpha value is -1.74. The van der Waals surface area contributed by atoms with E-state index < -0.39 is 0 Å². The van der Waals surface area contributed by atoms with Gasteiger partial charge >= 0.3 is 0 Å². The average Bonchev–Trinajstić information content (AvgIpc) is 3.61. The molecule has 0 spiro atoms. The molecule has 2 aliphatic carbocycles. The second kappa shape index (κ2) is 10.2. The number of thiophene rings is 1. The van der Waals surface area contributed by atoms with Crippen molar-refractivity contribution in [1.82, 2.24) is 14.8 Å². The third-order valence-corrected chi connectivity index (χ3v) is 10.4. The topological polar surface area (TPSA) is 75.1 Å². The summed E-state index contributed by atoms with van der Waals surface area (Å²) >= 11 is 1.77. The molecule has 196 valence electrons. The standard InChI is InChI=1S/C28H39N3O4S/c1-2-28(31-13-15-34-16-14-31)9-5-21(6-10-28)35-22-7-11-29-27-26(22)25-19(3-4-23(25)36-27)17-24(33)30-12-8-20(32)18-30/h7,11,19-21,32H,2-6,8-10,12-18H2,1H3/t19-,20-,21?,28?/m1/s1. The van der Waals surface area contributed by atoms with Crippen LogP contribution in [0.5, 0.6) is 5.75 Å². The lowest BCUT2D eigenvalue weighted by molar-refractivity contribution is -0.130. The van der Waals surface area contributed by atoms with Crippen LogP contribution in [0, 0.1) is 0 Å². The number of pyridine rings is 1. The van der Waals surface area contributed by atoms with Gasteiger partial charge in [-0.3, -0.25) is 9.69 Å². The SMILES string of the molecule is CCC1(N2CCOCC2)CCC(Oc2ccnc3sc4c(c23)[C@@H](CC(=O)N2CC[C@@H](O)C2)CC4)CC1. The molecule has 0 unspecified atom stereocenters. The molecule has 2 aromatic heterocycles. The van der Waals surface area contributed by atoms with Crippen molar-refractivity contribution < 1.29 is 19.4 Å². The largest absolute Gasteiger partial charge is 0.490 e. The Morgan fingerprint density at radius 1 is 1.22 bits per heavy atom. The van der Waals surface area contributed by atoms with Crippen LogP contribution in [0.1, 0.15) is 74.6 Å². The minimum Gasteiger partial charge on any atom is -0.490 e. The zero-order valence-electron chi connectivity index (χ0n) is 21.4. The molecule has 2 atom stereocenters. The van der Waals surface area contributed by atoms with Gasteiger partial charge in [-0.05, 0) is 68.9 Å². The number of nitrogens with zero attached hydrogens (tertiary/aromatic N) is 3. The predicted octanol–water partition coefficient (Wildman–Crippen LogP) is 4.11. The van der Waals surface area contributed by atoms with Crippen LogP contribution in [-0.4, -0.2) is 82.9 Å². The van der Waals surface area contributed by atoms with Gasteiger partial charge in [0.2, 0.25) is 5.91 Å². The van der Waals surface area contributed by atoms with E-state index in [-0.39, 0.29) is 29.6 Å². The van der Waals surface area contributed by atoms with Crippen molar-refractivity contribution in [3.8, 4) is 5.75 Å². The first kappa shape index (κ1) is 24.6. The van der Waals surface area contributed by atoms with Crippen LogP contribution in [0.2, 0.25) is 0 Å². The van der Waals surface area contributed by atoms with Crippen molar-refractivity contribution in [1.29, 1.82) is 0 Å². The number of hydrogen-bond donors (Lipinski definition) is 1. The van der Waals surface area contributed by atoms with E-state index in [1.54, 1.807) is 11.3 Å². The van der Waals surface area contributed by atoms with E-state index in [1.807, 2.05) is 17.2 Å². The summed E-state index contributed by atoms with van der Waals surface area (Å²) in [5.41, 5.74) is 1.59. The first-order valence-electron chi connectivity index (χ1n) is 13.9. The Kier molecular flexibility index (Phi) is 6.97. The van der Waals surface area contributed by atoms with Crippen LogP contribution in [0.15, 0.2) is 12.3 Å². The summed E-state index contributed by atoms with van der Waals surface area (Å²) in [5.74, 6) is 1.33. The maximum atomic E-state index is 13.0. The van der Waals surface area contributed by atoms with Crippen LogP contribution < -0.4 is 4.74 Å². The van der Waals surface area contributed by atoms with Gasteiger partial charge < -0.3 is 19.5 Å². The molecule has 1 saturated carbocycles. The first-order valence-corrected chi connectivity index (χ1v) is 14.7. The van der Waals surface area contributed by atoms with E-state index in [2.05, 4.69) is 16.8 Å². The third-order valence-electron chi connectivity index (χ3n) is 9.23.